The van der Waals surface area contributed by atoms with Gasteiger partial charge in [0.05, 0.1) is 6.61 Å². The number of hydrogen-bond acceptors (Lipinski definition) is 5. The first-order valence-corrected chi connectivity index (χ1v) is 7.06. The lowest BCUT2D eigenvalue weighted by Crippen LogP contribution is -2.33. The van der Waals surface area contributed by atoms with Gasteiger partial charge in [0.25, 0.3) is 5.89 Å². The third-order valence-electron chi connectivity index (χ3n) is 3.05. The van der Waals surface area contributed by atoms with Gasteiger partial charge >= 0.3 is 0 Å². The smallest absolute Gasteiger partial charge is 0.257 e. The van der Waals surface area contributed by atoms with Gasteiger partial charge in [-0.3, -0.25) is 0 Å². The summed E-state index contributed by atoms with van der Waals surface area (Å²) in [6.07, 6.45) is 0.324. The van der Waals surface area contributed by atoms with Crippen LogP contribution in [0, 0.1) is 0 Å². The topological polar surface area (TPSA) is 60.2 Å². The monoisotopic (exact) mass is 313 g/mol. The van der Waals surface area contributed by atoms with Crippen LogP contribution in [-0.2, 0) is 11.2 Å². The fourth-order valence-corrected chi connectivity index (χ4v) is 2.50. The summed E-state index contributed by atoms with van der Waals surface area (Å²) in [6.45, 7) is 2.17. The standard InChI is InChI=1S/C13H13Cl2N3O2/c14-9-2-1-8(10(15)6-9)5-12-17-13(20-18-12)11-7-16-3-4-19-11/h1-2,6,11,16H,3-5,7H2. The largest absolute Gasteiger partial charge is 0.366 e. The molecular weight excluding hydrogens is 301 g/mol. The van der Waals surface area contributed by atoms with E-state index < -0.39 is 0 Å². The van der Waals surface area contributed by atoms with Crippen LogP contribution in [-0.4, -0.2) is 29.8 Å². The van der Waals surface area contributed by atoms with Crippen molar-refractivity contribution in [2.75, 3.05) is 19.7 Å². The number of benzene rings is 1. The van der Waals surface area contributed by atoms with Crippen molar-refractivity contribution in [3.8, 4) is 0 Å². The molecule has 106 valence electrons. The van der Waals surface area contributed by atoms with E-state index in [1.54, 1.807) is 12.1 Å². The highest BCUT2D eigenvalue weighted by Gasteiger charge is 2.22. The van der Waals surface area contributed by atoms with Crippen LogP contribution in [0.15, 0.2) is 22.7 Å². The maximum atomic E-state index is 6.13. The average Bonchev–Trinajstić information content (AvgIpc) is 2.92. The molecule has 20 heavy (non-hydrogen) atoms. The Kier molecular flexibility index (Phi) is 4.21. The number of rotatable bonds is 3. The predicted octanol–water partition coefficient (Wildman–Crippen LogP) is 2.63. The maximum Gasteiger partial charge on any atom is 0.257 e. The third-order valence-corrected chi connectivity index (χ3v) is 3.64. The van der Waals surface area contributed by atoms with Gasteiger partial charge in [-0.15, -0.1) is 0 Å². The predicted molar refractivity (Wildman–Crippen MR) is 75.1 cm³/mol. The molecule has 1 atom stereocenters. The van der Waals surface area contributed by atoms with Crippen molar-refractivity contribution in [2.24, 2.45) is 0 Å². The van der Waals surface area contributed by atoms with Gasteiger partial charge in [-0.05, 0) is 17.7 Å². The molecule has 1 fully saturated rings. The lowest BCUT2D eigenvalue weighted by molar-refractivity contribution is 0.00755. The van der Waals surface area contributed by atoms with Crippen LogP contribution in [0.3, 0.4) is 0 Å². The molecule has 0 saturated carbocycles. The van der Waals surface area contributed by atoms with E-state index in [2.05, 4.69) is 15.5 Å². The molecule has 1 saturated heterocycles. The molecule has 0 bridgehead atoms. The summed E-state index contributed by atoms with van der Waals surface area (Å²) in [5.41, 5.74) is 0.908. The maximum absolute atomic E-state index is 6.13. The van der Waals surface area contributed by atoms with Gasteiger partial charge in [0, 0.05) is 29.6 Å². The Morgan fingerprint density at radius 2 is 2.25 bits per heavy atom. The Balaban J connectivity index is 1.73. The van der Waals surface area contributed by atoms with Crippen LogP contribution in [0.25, 0.3) is 0 Å². The Hall–Kier alpha value is -1.14. The molecule has 0 radical (unpaired) electrons. The molecule has 2 aromatic rings. The van der Waals surface area contributed by atoms with E-state index in [9.17, 15) is 0 Å². The zero-order chi connectivity index (χ0) is 13.9. The Morgan fingerprint density at radius 1 is 1.35 bits per heavy atom. The van der Waals surface area contributed by atoms with Crippen LogP contribution >= 0.6 is 23.2 Å². The SMILES string of the molecule is Clc1ccc(Cc2noc(C3CNCCO3)n2)c(Cl)c1. The summed E-state index contributed by atoms with van der Waals surface area (Å²) < 4.78 is 10.8. The first-order chi connectivity index (χ1) is 9.72. The van der Waals surface area contributed by atoms with E-state index in [1.165, 1.54) is 0 Å². The second-order valence-corrected chi connectivity index (χ2v) is 5.37. The lowest BCUT2D eigenvalue weighted by atomic mass is 10.1. The van der Waals surface area contributed by atoms with Gasteiger partial charge in [-0.1, -0.05) is 34.4 Å². The molecule has 0 amide bonds. The van der Waals surface area contributed by atoms with Gasteiger partial charge in [-0.25, -0.2) is 0 Å². The highest BCUT2D eigenvalue weighted by Crippen LogP contribution is 2.23. The normalized spacial score (nSPS) is 19.2. The minimum Gasteiger partial charge on any atom is -0.366 e. The minimum absolute atomic E-state index is 0.175. The summed E-state index contributed by atoms with van der Waals surface area (Å²) in [6, 6.07) is 5.35. The van der Waals surface area contributed by atoms with Gasteiger partial charge in [0.15, 0.2) is 5.82 Å². The zero-order valence-electron chi connectivity index (χ0n) is 10.6. The summed E-state index contributed by atoms with van der Waals surface area (Å²) in [7, 11) is 0. The highest BCUT2D eigenvalue weighted by molar-refractivity contribution is 6.35. The molecule has 0 aliphatic carbocycles. The van der Waals surface area contributed by atoms with E-state index >= 15 is 0 Å². The average molecular weight is 314 g/mol. The number of halogens is 2. The number of nitrogens with one attached hydrogen (secondary N) is 1. The molecule has 2 heterocycles. The van der Waals surface area contributed by atoms with Crippen molar-refractivity contribution < 1.29 is 9.26 Å². The van der Waals surface area contributed by atoms with Crippen molar-refractivity contribution in [3.05, 3.63) is 45.5 Å². The van der Waals surface area contributed by atoms with Gasteiger partial charge in [0.2, 0.25) is 0 Å². The molecule has 1 aliphatic rings. The second kappa shape index (κ2) is 6.10. The number of nitrogens with zero attached hydrogens (tertiary/aromatic N) is 2. The fraction of sp³-hybridized carbons (Fsp3) is 0.385. The van der Waals surface area contributed by atoms with Crippen molar-refractivity contribution >= 4 is 23.2 Å². The van der Waals surface area contributed by atoms with Crippen molar-refractivity contribution in [2.45, 2.75) is 12.5 Å². The van der Waals surface area contributed by atoms with Gasteiger partial charge < -0.3 is 14.6 Å². The number of hydrogen-bond donors (Lipinski definition) is 1. The summed E-state index contributed by atoms with van der Waals surface area (Å²) >= 11 is 12.0. The van der Waals surface area contributed by atoms with Crippen molar-refractivity contribution in [1.82, 2.24) is 15.5 Å². The van der Waals surface area contributed by atoms with Crippen molar-refractivity contribution in [1.29, 1.82) is 0 Å². The molecule has 7 heteroatoms. The highest BCUT2D eigenvalue weighted by atomic mass is 35.5. The Morgan fingerprint density at radius 3 is 3.00 bits per heavy atom. The first kappa shape index (κ1) is 13.8. The molecule has 1 aromatic heterocycles. The molecular formula is C13H13Cl2N3O2. The third kappa shape index (κ3) is 3.12. The lowest BCUT2D eigenvalue weighted by Gasteiger charge is -2.19. The van der Waals surface area contributed by atoms with Crippen LogP contribution in [0.1, 0.15) is 23.4 Å². The van der Waals surface area contributed by atoms with Gasteiger partial charge in [0.1, 0.15) is 6.10 Å². The zero-order valence-corrected chi connectivity index (χ0v) is 12.1. The fourth-order valence-electron chi connectivity index (χ4n) is 2.03. The summed E-state index contributed by atoms with van der Waals surface area (Å²) in [5.74, 6) is 1.08. The molecule has 1 aromatic carbocycles. The van der Waals surface area contributed by atoms with E-state index in [-0.39, 0.29) is 6.10 Å². The number of morpholine rings is 1. The molecule has 1 aliphatic heterocycles. The molecule has 5 nitrogen and oxygen atoms in total. The molecule has 3 rings (SSSR count). The van der Waals surface area contributed by atoms with E-state index in [0.717, 1.165) is 12.1 Å². The Bertz CT molecular complexity index is 597. The minimum atomic E-state index is -0.175. The van der Waals surface area contributed by atoms with Crippen LogP contribution < -0.4 is 5.32 Å². The van der Waals surface area contributed by atoms with E-state index in [1.807, 2.05) is 6.07 Å². The van der Waals surface area contributed by atoms with E-state index in [4.69, 9.17) is 32.5 Å². The van der Waals surface area contributed by atoms with Gasteiger partial charge in [-0.2, -0.15) is 4.98 Å². The second-order valence-electron chi connectivity index (χ2n) is 4.52. The van der Waals surface area contributed by atoms with Crippen LogP contribution in [0.5, 0.6) is 0 Å². The molecule has 1 unspecified atom stereocenters. The quantitative estimate of drug-likeness (QED) is 0.944. The van der Waals surface area contributed by atoms with Crippen LogP contribution in [0.2, 0.25) is 10.0 Å². The number of aromatic nitrogens is 2. The summed E-state index contributed by atoms with van der Waals surface area (Å²) in [5, 5.41) is 8.39. The first-order valence-electron chi connectivity index (χ1n) is 6.31. The summed E-state index contributed by atoms with van der Waals surface area (Å²) in [4.78, 5) is 4.36. The molecule has 0 spiro atoms. The van der Waals surface area contributed by atoms with Crippen molar-refractivity contribution in [3.63, 3.8) is 0 Å². The Labute approximate surface area is 126 Å². The number of ether oxygens (including phenoxy) is 1. The molecule has 1 N–H and O–H groups in total. The van der Waals surface area contributed by atoms with Crippen LogP contribution in [0.4, 0.5) is 0 Å². The van der Waals surface area contributed by atoms with E-state index in [0.29, 0.717) is 41.3 Å².